The van der Waals surface area contributed by atoms with Crippen LogP contribution in [-0.4, -0.2) is 50.1 Å². The minimum atomic E-state index is -2.49. The van der Waals surface area contributed by atoms with Crippen molar-refractivity contribution in [1.29, 1.82) is 0 Å². The van der Waals surface area contributed by atoms with Crippen LogP contribution in [0.1, 0.15) is 99.8 Å². The van der Waals surface area contributed by atoms with E-state index < -0.39 is 8.80 Å². The number of hydrogen-bond donors (Lipinski definition) is 0. The summed E-state index contributed by atoms with van der Waals surface area (Å²) in [5.74, 6) is 4.22. The Kier molecular flexibility index (Phi) is 15.8. The van der Waals surface area contributed by atoms with Gasteiger partial charge in [-0.15, -0.1) is 0 Å². The molecule has 0 N–H and O–H groups in total. The average molecular weight is 493 g/mol. The second-order valence-electron chi connectivity index (χ2n) is 9.49. The quantitative estimate of drug-likeness (QED) is 0.142. The van der Waals surface area contributed by atoms with Crippen LogP contribution in [0.3, 0.4) is 0 Å². The summed E-state index contributed by atoms with van der Waals surface area (Å²) >= 11 is 4.44. The molecule has 186 valence electrons. The standard InChI is InChI=1S/C25H52O3S2Si/c1-8-12-13-14-18-29-24-21-23(17-16-22(24)5)25(6,7)30-19-15-20-31(26-9-2,27-10-3)28-11-4/h22-24H,8-21H2,1-7H3. The van der Waals surface area contributed by atoms with Gasteiger partial charge in [-0.25, -0.2) is 0 Å². The first-order chi connectivity index (χ1) is 14.8. The molecule has 1 aliphatic rings. The highest BCUT2D eigenvalue weighted by atomic mass is 32.2. The lowest BCUT2D eigenvalue weighted by molar-refractivity contribution is 0.0712. The van der Waals surface area contributed by atoms with E-state index >= 15 is 0 Å². The van der Waals surface area contributed by atoms with Crippen molar-refractivity contribution in [3.8, 4) is 0 Å². The van der Waals surface area contributed by atoms with Crippen LogP contribution in [0.15, 0.2) is 0 Å². The van der Waals surface area contributed by atoms with Crippen LogP contribution in [0, 0.1) is 11.8 Å². The molecule has 1 fully saturated rings. The molecule has 6 heteroatoms. The molecule has 0 heterocycles. The Balaban J connectivity index is 2.49. The zero-order chi connectivity index (χ0) is 23.2. The smallest absolute Gasteiger partial charge is 0.374 e. The highest BCUT2D eigenvalue weighted by Crippen LogP contribution is 2.46. The van der Waals surface area contributed by atoms with E-state index in [0.717, 1.165) is 35.3 Å². The number of unbranched alkanes of at least 4 members (excludes halogenated alkanes) is 3. The Morgan fingerprint density at radius 3 is 2.06 bits per heavy atom. The zero-order valence-corrected chi connectivity index (χ0v) is 24.3. The molecule has 3 nitrogen and oxygen atoms in total. The molecule has 1 saturated carbocycles. The predicted molar refractivity (Wildman–Crippen MR) is 143 cm³/mol. The first-order valence-corrected chi connectivity index (χ1v) is 17.0. The molecule has 1 rings (SSSR count). The van der Waals surface area contributed by atoms with Crippen molar-refractivity contribution in [2.75, 3.05) is 31.3 Å². The van der Waals surface area contributed by atoms with Gasteiger partial charge in [0.1, 0.15) is 0 Å². The van der Waals surface area contributed by atoms with Gasteiger partial charge in [0.2, 0.25) is 0 Å². The summed E-state index contributed by atoms with van der Waals surface area (Å²) in [6.45, 7) is 17.9. The summed E-state index contributed by atoms with van der Waals surface area (Å²) in [7, 11) is -2.49. The Morgan fingerprint density at radius 1 is 0.839 bits per heavy atom. The van der Waals surface area contributed by atoms with E-state index in [-0.39, 0.29) is 0 Å². The van der Waals surface area contributed by atoms with Crippen molar-refractivity contribution in [1.82, 2.24) is 0 Å². The average Bonchev–Trinajstić information content (AvgIpc) is 2.73. The first-order valence-electron chi connectivity index (χ1n) is 13.0. The van der Waals surface area contributed by atoms with E-state index in [1.165, 1.54) is 50.7 Å². The normalized spacial score (nSPS) is 22.7. The fourth-order valence-electron chi connectivity index (χ4n) is 4.65. The Hall–Kier alpha value is 0.797. The molecule has 0 aromatic carbocycles. The third-order valence-electron chi connectivity index (χ3n) is 6.63. The fourth-order valence-corrected chi connectivity index (χ4v) is 10.3. The second kappa shape index (κ2) is 16.4. The molecule has 0 saturated heterocycles. The topological polar surface area (TPSA) is 27.7 Å². The minimum Gasteiger partial charge on any atom is -0.374 e. The van der Waals surface area contributed by atoms with Gasteiger partial charge in [-0.05, 0) is 76.2 Å². The maximum Gasteiger partial charge on any atom is 0.500 e. The van der Waals surface area contributed by atoms with Gasteiger partial charge in [-0.3, -0.25) is 0 Å². The Morgan fingerprint density at radius 2 is 1.48 bits per heavy atom. The summed E-state index contributed by atoms with van der Waals surface area (Å²) in [4.78, 5) is 0. The van der Waals surface area contributed by atoms with E-state index in [1.54, 1.807) is 0 Å². The van der Waals surface area contributed by atoms with Crippen molar-refractivity contribution in [3.05, 3.63) is 0 Å². The van der Waals surface area contributed by atoms with Gasteiger partial charge < -0.3 is 13.3 Å². The zero-order valence-electron chi connectivity index (χ0n) is 21.7. The molecule has 0 aromatic heterocycles. The third-order valence-corrected chi connectivity index (χ3v) is 13.0. The fraction of sp³-hybridized carbons (Fsp3) is 1.00. The van der Waals surface area contributed by atoms with E-state index in [1.807, 2.05) is 20.8 Å². The van der Waals surface area contributed by atoms with E-state index in [4.69, 9.17) is 13.3 Å². The van der Waals surface area contributed by atoms with Gasteiger partial charge in [0.05, 0.1) is 0 Å². The largest absolute Gasteiger partial charge is 0.500 e. The highest BCUT2D eigenvalue weighted by Gasteiger charge is 2.40. The molecule has 0 bridgehead atoms. The Bertz CT molecular complexity index is 433. The molecule has 3 unspecified atom stereocenters. The lowest BCUT2D eigenvalue weighted by Gasteiger charge is -2.42. The molecular weight excluding hydrogens is 440 g/mol. The number of rotatable bonds is 18. The third kappa shape index (κ3) is 11.2. The Labute approximate surface area is 204 Å². The number of thioether (sulfide) groups is 2. The molecule has 0 aromatic rings. The van der Waals surface area contributed by atoms with Crippen LogP contribution < -0.4 is 0 Å². The van der Waals surface area contributed by atoms with Gasteiger partial charge in [0, 0.05) is 35.9 Å². The van der Waals surface area contributed by atoms with Gasteiger partial charge in [-0.2, -0.15) is 23.5 Å². The predicted octanol–water partition coefficient (Wildman–Crippen LogP) is 8.06. The molecular formula is C25H52O3S2Si. The lowest BCUT2D eigenvalue weighted by atomic mass is 9.77. The van der Waals surface area contributed by atoms with Gasteiger partial charge in [0.15, 0.2) is 0 Å². The van der Waals surface area contributed by atoms with Crippen LogP contribution in [0.2, 0.25) is 6.04 Å². The molecule has 0 spiro atoms. The van der Waals surface area contributed by atoms with Crippen LogP contribution in [0.25, 0.3) is 0 Å². The molecule has 0 aliphatic heterocycles. The van der Waals surface area contributed by atoms with Gasteiger partial charge in [0.25, 0.3) is 0 Å². The van der Waals surface area contributed by atoms with Gasteiger partial charge >= 0.3 is 8.80 Å². The van der Waals surface area contributed by atoms with Crippen LogP contribution in [-0.2, 0) is 13.3 Å². The maximum atomic E-state index is 6.03. The van der Waals surface area contributed by atoms with Crippen molar-refractivity contribution >= 4 is 32.3 Å². The molecule has 3 atom stereocenters. The maximum absolute atomic E-state index is 6.03. The van der Waals surface area contributed by atoms with Crippen LogP contribution in [0.5, 0.6) is 0 Å². The lowest BCUT2D eigenvalue weighted by Crippen LogP contribution is -2.46. The number of hydrogen-bond acceptors (Lipinski definition) is 5. The second-order valence-corrected chi connectivity index (χ2v) is 15.3. The molecule has 0 radical (unpaired) electrons. The summed E-state index contributed by atoms with van der Waals surface area (Å²) in [5, 5.41) is 0.856. The molecule has 1 aliphatic carbocycles. The van der Waals surface area contributed by atoms with Crippen LogP contribution >= 0.6 is 23.5 Å². The minimum absolute atomic E-state index is 0.341. The van der Waals surface area contributed by atoms with Crippen molar-refractivity contribution in [2.24, 2.45) is 11.8 Å². The van der Waals surface area contributed by atoms with Gasteiger partial charge in [-0.1, -0.05) is 47.0 Å². The van der Waals surface area contributed by atoms with Crippen molar-refractivity contribution < 1.29 is 13.3 Å². The van der Waals surface area contributed by atoms with Crippen molar-refractivity contribution in [3.63, 3.8) is 0 Å². The van der Waals surface area contributed by atoms with E-state index in [9.17, 15) is 0 Å². The summed E-state index contributed by atoms with van der Waals surface area (Å²) in [5.41, 5.74) is 0. The van der Waals surface area contributed by atoms with Crippen LogP contribution in [0.4, 0.5) is 0 Å². The molecule has 0 amide bonds. The van der Waals surface area contributed by atoms with Crippen molar-refractivity contribution in [2.45, 2.75) is 116 Å². The summed E-state index contributed by atoms with van der Waals surface area (Å²) in [6.07, 6.45) is 10.8. The SMILES string of the molecule is CCCCCCSC1CC(C(C)(C)SCCC[Si](OCC)(OCC)OCC)CCC1C. The molecule has 31 heavy (non-hydrogen) atoms. The van der Waals surface area contributed by atoms with E-state index in [2.05, 4.69) is 51.2 Å². The summed E-state index contributed by atoms with van der Waals surface area (Å²) in [6, 6.07) is 0.934. The summed E-state index contributed by atoms with van der Waals surface area (Å²) < 4.78 is 18.4. The highest BCUT2D eigenvalue weighted by molar-refractivity contribution is 8.00. The monoisotopic (exact) mass is 492 g/mol. The first kappa shape index (κ1) is 29.8. The van der Waals surface area contributed by atoms with E-state index in [0.29, 0.717) is 24.6 Å².